The molecule has 2 atom stereocenters. The zero-order valence-corrected chi connectivity index (χ0v) is 15.2. The average molecular weight is 360 g/mol. The minimum Gasteiger partial charge on any atom is -0.724 e. The molecule has 2 aliphatic heterocycles. The first-order chi connectivity index (χ1) is 10.2. The Labute approximate surface area is 153 Å². The van der Waals surface area contributed by atoms with Gasteiger partial charge < -0.3 is 14.2 Å². The van der Waals surface area contributed by atoms with Crippen molar-refractivity contribution in [2.45, 2.75) is 24.9 Å². The summed E-state index contributed by atoms with van der Waals surface area (Å²) in [5.41, 5.74) is 4.04. The van der Waals surface area contributed by atoms with E-state index in [0.29, 0.717) is 5.06 Å². The van der Waals surface area contributed by atoms with Crippen LogP contribution in [-0.2, 0) is 24.2 Å². The van der Waals surface area contributed by atoms with E-state index in [1.165, 1.54) is 0 Å². The van der Waals surface area contributed by atoms with Gasteiger partial charge >= 0.3 is 41.7 Å². The molecule has 0 unspecified atom stereocenters. The summed E-state index contributed by atoms with van der Waals surface area (Å²) in [4.78, 5) is 35.9. The molecule has 23 heavy (non-hydrogen) atoms. The first-order valence-corrected chi connectivity index (χ1v) is 7.45. The molecule has 14 heteroatoms. The number of rotatable bonds is 3. The van der Waals surface area contributed by atoms with E-state index in [-0.39, 0.29) is 48.9 Å². The predicted octanol–water partition coefficient (Wildman–Crippen LogP) is -4.96. The molecule has 0 saturated carbocycles. The Morgan fingerprint density at radius 2 is 1.96 bits per heavy atom. The van der Waals surface area contributed by atoms with Crippen molar-refractivity contribution in [3.8, 4) is 0 Å². The number of carbonyl (C=O) groups excluding carboxylic acids is 3. The molecule has 2 heterocycles. The van der Waals surface area contributed by atoms with Gasteiger partial charge in [-0.15, -0.1) is 0 Å². The summed E-state index contributed by atoms with van der Waals surface area (Å²) in [5.74, 6) is -0.677. The molecule has 124 valence electrons. The van der Waals surface area contributed by atoms with Crippen LogP contribution in [0.5, 0.6) is 0 Å². The van der Waals surface area contributed by atoms with Gasteiger partial charge in [0, 0.05) is 6.54 Å². The van der Waals surface area contributed by atoms with Crippen molar-refractivity contribution in [3.05, 3.63) is 0 Å². The molecule has 2 aliphatic rings. The summed E-state index contributed by atoms with van der Waals surface area (Å²) < 4.78 is 40.2. The molecule has 2 bridgehead atoms. The van der Waals surface area contributed by atoms with Gasteiger partial charge in [-0.25, -0.2) is 23.4 Å². The van der Waals surface area contributed by atoms with Crippen molar-refractivity contribution in [1.82, 2.24) is 20.8 Å². The number of methoxy groups -OCH3 is 1. The van der Waals surface area contributed by atoms with E-state index in [1.807, 2.05) is 5.43 Å². The molecule has 0 aliphatic carbocycles. The number of hydroxylamine groups is 2. The molecule has 0 radical (unpaired) electrons. The first kappa shape index (κ1) is 19.9. The van der Waals surface area contributed by atoms with Gasteiger partial charge in [0.25, 0.3) is 5.91 Å². The van der Waals surface area contributed by atoms with Crippen LogP contribution < -0.4 is 40.4 Å². The molecule has 0 aromatic carbocycles. The van der Waals surface area contributed by atoms with Crippen molar-refractivity contribution in [1.29, 1.82) is 0 Å². The van der Waals surface area contributed by atoms with E-state index >= 15 is 0 Å². The van der Waals surface area contributed by atoms with E-state index < -0.39 is 40.5 Å². The molecular formula is C9H13N4NaO8S. The molecular weight excluding hydrogens is 347 g/mol. The maximum Gasteiger partial charge on any atom is 1.00 e. The maximum absolute atomic E-state index is 12.0. The smallest absolute Gasteiger partial charge is 0.724 e. The summed E-state index contributed by atoms with van der Waals surface area (Å²) in [6.07, 6.45) is -0.421. The Bertz CT molecular complexity index is 598. The van der Waals surface area contributed by atoms with Crippen LogP contribution in [0.4, 0.5) is 9.59 Å². The summed E-state index contributed by atoms with van der Waals surface area (Å²) in [6, 6.07) is -2.46. The van der Waals surface area contributed by atoms with Crippen LogP contribution >= 0.6 is 0 Å². The fourth-order valence-electron chi connectivity index (χ4n) is 2.35. The normalized spacial score (nSPS) is 23.1. The zero-order chi connectivity index (χ0) is 16.5. The minimum absolute atomic E-state index is 0. The van der Waals surface area contributed by atoms with Crippen LogP contribution in [0.15, 0.2) is 0 Å². The molecule has 4 amide bonds. The summed E-state index contributed by atoms with van der Waals surface area (Å²) in [7, 11) is -3.98. The monoisotopic (exact) mass is 360 g/mol. The Hall–Kier alpha value is -1.12. The second-order valence-corrected chi connectivity index (χ2v) is 5.56. The second-order valence-electron chi connectivity index (χ2n) is 4.60. The molecule has 12 nitrogen and oxygen atoms in total. The van der Waals surface area contributed by atoms with E-state index in [0.717, 1.165) is 12.0 Å². The zero-order valence-electron chi connectivity index (χ0n) is 12.3. The van der Waals surface area contributed by atoms with Gasteiger partial charge in [0.2, 0.25) is 10.4 Å². The van der Waals surface area contributed by atoms with Gasteiger partial charge in [0.05, 0.1) is 13.2 Å². The molecule has 2 rings (SSSR count). The topological polar surface area (TPSA) is 157 Å². The van der Waals surface area contributed by atoms with E-state index in [1.54, 1.807) is 0 Å². The Morgan fingerprint density at radius 1 is 1.30 bits per heavy atom. The summed E-state index contributed by atoms with van der Waals surface area (Å²) in [6.45, 7) is 0.0324. The number of hydrogen-bond donors (Lipinski definition) is 2. The number of hydrogen-bond acceptors (Lipinski definition) is 8. The number of urea groups is 1. The van der Waals surface area contributed by atoms with Gasteiger partial charge in [-0.2, -0.15) is 9.35 Å². The number of carbonyl (C=O) groups is 3. The fourth-order valence-corrected chi connectivity index (χ4v) is 2.73. The van der Waals surface area contributed by atoms with Crippen LogP contribution in [0, 0.1) is 0 Å². The van der Waals surface area contributed by atoms with E-state index in [4.69, 9.17) is 0 Å². The molecule has 0 spiro atoms. The second kappa shape index (κ2) is 7.63. The van der Waals surface area contributed by atoms with Crippen molar-refractivity contribution in [2.24, 2.45) is 0 Å². The molecule has 2 saturated heterocycles. The Balaban J connectivity index is 0.00000264. The Kier molecular flexibility index (Phi) is 6.61. The third-order valence-corrected chi connectivity index (χ3v) is 3.61. The fraction of sp³-hybridized carbons (Fsp3) is 0.667. The molecule has 0 aromatic rings. The number of nitrogens with one attached hydrogen (secondary N) is 2. The van der Waals surface area contributed by atoms with Crippen LogP contribution in [-0.4, -0.2) is 66.7 Å². The number of ether oxygens (including phenoxy) is 1. The third-order valence-electron chi connectivity index (χ3n) is 3.27. The van der Waals surface area contributed by atoms with Crippen molar-refractivity contribution < 1.29 is 65.9 Å². The SMILES string of the molecule is COC(=O)NNC(=O)[C@@H]1CC[C@@H]2CN1C(=O)N2OS(=O)(=O)[O-].[Na+]. The number of hydrazine groups is 1. The first-order valence-electron chi connectivity index (χ1n) is 6.12. The Morgan fingerprint density at radius 3 is 2.52 bits per heavy atom. The van der Waals surface area contributed by atoms with Gasteiger partial charge in [-0.05, 0) is 12.8 Å². The van der Waals surface area contributed by atoms with Crippen LogP contribution in [0.25, 0.3) is 0 Å². The van der Waals surface area contributed by atoms with Gasteiger partial charge in [-0.1, -0.05) is 0 Å². The van der Waals surface area contributed by atoms with Crippen molar-refractivity contribution in [2.75, 3.05) is 13.7 Å². The quantitative estimate of drug-likeness (QED) is 0.219. The molecule has 2 N–H and O–H groups in total. The van der Waals surface area contributed by atoms with E-state index in [9.17, 15) is 27.4 Å². The number of nitrogens with zero attached hydrogens (tertiary/aromatic N) is 2. The van der Waals surface area contributed by atoms with E-state index in [2.05, 4.69) is 14.4 Å². The van der Waals surface area contributed by atoms with Crippen molar-refractivity contribution >= 4 is 28.4 Å². The van der Waals surface area contributed by atoms with Crippen LogP contribution in [0.1, 0.15) is 12.8 Å². The van der Waals surface area contributed by atoms with Gasteiger partial charge in [0.1, 0.15) is 6.04 Å². The average Bonchev–Trinajstić information content (AvgIpc) is 2.68. The van der Waals surface area contributed by atoms with Crippen LogP contribution in [0.3, 0.4) is 0 Å². The third kappa shape index (κ3) is 4.68. The van der Waals surface area contributed by atoms with Gasteiger partial charge in [0.15, 0.2) is 0 Å². The molecule has 2 fully saturated rings. The predicted molar refractivity (Wildman–Crippen MR) is 65.2 cm³/mol. The number of piperidine rings is 1. The largest absolute Gasteiger partial charge is 1.00 e. The van der Waals surface area contributed by atoms with Crippen LogP contribution in [0.2, 0.25) is 0 Å². The standard InChI is InChI=1S/C9H14N4O8S.Na/c1-20-8(15)11-10-7(14)6-3-2-5-4-12(6)9(16)13(5)21-22(17,18)19;/h5-6H,2-4H2,1H3,(H,10,14)(H,11,15)(H,17,18,19);/q;+1/p-1/t5-,6+;/m1./s1. The number of amides is 4. The minimum atomic E-state index is -5.09. The van der Waals surface area contributed by atoms with Crippen molar-refractivity contribution in [3.63, 3.8) is 0 Å². The van der Waals surface area contributed by atoms with Gasteiger partial charge in [-0.3, -0.25) is 10.2 Å². The molecule has 0 aromatic heterocycles. The summed E-state index contributed by atoms with van der Waals surface area (Å²) >= 11 is 0. The number of fused-ring (bicyclic) bond motifs is 2. The maximum atomic E-state index is 12.0. The summed E-state index contributed by atoms with van der Waals surface area (Å²) in [5, 5.41) is 0.462.